The number of rotatable bonds is 7. The lowest BCUT2D eigenvalue weighted by Gasteiger charge is -2.17. The van der Waals surface area contributed by atoms with Gasteiger partial charge in [-0.3, -0.25) is 0 Å². The van der Waals surface area contributed by atoms with Gasteiger partial charge in [0.15, 0.2) is 11.6 Å². The molecule has 18 heavy (non-hydrogen) atoms. The van der Waals surface area contributed by atoms with Gasteiger partial charge in [-0.15, -0.1) is 0 Å². The second kappa shape index (κ2) is 7.36. The van der Waals surface area contributed by atoms with Crippen molar-refractivity contribution in [2.45, 2.75) is 26.3 Å². The van der Waals surface area contributed by atoms with Crippen molar-refractivity contribution in [2.24, 2.45) is 0 Å². The number of hydrogen-bond donors (Lipinski definition) is 2. The van der Waals surface area contributed by atoms with E-state index in [2.05, 4.69) is 18.5 Å². The summed E-state index contributed by atoms with van der Waals surface area (Å²) in [4.78, 5) is 0. The quantitative estimate of drug-likeness (QED) is 0.747. The molecule has 0 fully saturated rings. The number of ether oxygens (including phenoxy) is 1. The minimum absolute atomic E-state index is 0.242. The van der Waals surface area contributed by atoms with E-state index in [0.717, 1.165) is 17.9 Å². The van der Waals surface area contributed by atoms with E-state index in [4.69, 9.17) is 10.5 Å². The summed E-state index contributed by atoms with van der Waals surface area (Å²) in [6.45, 7) is 4.34. The zero-order valence-corrected chi connectivity index (χ0v) is 11.9. The first-order valence-corrected chi connectivity index (χ1v) is 7.45. The van der Waals surface area contributed by atoms with Crippen molar-refractivity contribution in [1.82, 2.24) is 0 Å². The molecule has 0 saturated heterocycles. The summed E-state index contributed by atoms with van der Waals surface area (Å²) in [7, 11) is 0. The first kappa shape index (κ1) is 15.0. The Labute approximate surface area is 112 Å². The van der Waals surface area contributed by atoms with Crippen molar-refractivity contribution in [2.75, 3.05) is 29.7 Å². The summed E-state index contributed by atoms with van der Waals surface area (Å²) in [5, 5.41) is 3.29. The summed E-state index contributed by atoms with van der Waals surface area (Å²) in [5.74, 6) is 0.899. The van der Waals surface area contributed by atoms with E-state index in [1.807, 2.05) is 6.92 Å². The monoisotopic (exact) mass is 272 g/mol. The maximum atomic E-state index is 13.5. The second-order valence-corrected chi connectivity index (χ2v) is 5.12. The van der Waals surface area contributed by atoms with Crippen LogP contribution < -0.4 is 15.8 Å². The molecule has 1 unspecified atom stereocenters. The minimum atomic E-state index is -0.420. The fourth-order valence-corrected chi connectivity index (χ4v) is 2.18. The number of thioether (sulfide) groups is 1. The van der Waals surface area contributed by atoms with E-state index >= 15 is 0 Å². The largest absolute Gasteiger partial charge is 0.491 e. The smallest absolute Gasteiger partial charge is 0.167 e. The highest BCUT2D eigenvalue weighted by molar-refractivity contribution is 7.98. The average molecular weight is 272 g/mol. The van der Waals surface area contributed by atoms with Crippen LogP contribution in [-0.2, 0) is 0 Å². The van der Waals surface area contributed by atoms with Crippen molar-refractivity contribution in [1.29, 1.82) is 0 Å². The summed E-state index contributed by atoms with van der Waals surface area (Å²) in [6, 6.07) is 3.22. The van der Waals surface area contributed by atoms with E-state index in [-0.39, 0.29) is 5.75 Å². The fourth-order valence-electron chi connectivity index (χ4n) is 1.59. The van der Waals surface area contributed by atoms with E-state index in [9.17, 15) is 4.39 Å². The molecule has 1 atom stereocenters. The summed E-state index contributed by atoms with van der Waals surface area (Å²) < 4.78 is 18.7. The standard InChI is InChI=1S/C13H21FN2OS/c1-4-17-13-8-12(11(15)7-10(13)14)16-9(2)5-6-18-3/h7-9,16H,4-6,15H2,1-3H3. The third kappa shape index (κ3) is 4.29. The topological polar surface area (TPSA) is 47.3 Å². The summed E-state index contributed by atoms with van der Waals surface area (Å²) in [6.07, 6.45) is 3.11. The predicted molar refractivity (Wildman–Crippen MR) is 78.1 cm³/mol. The van der Waals surface area contributed by atoms with Gasteiger partial charge in [0.05, 0.1) is 18.0 Å². The number of anilines is 2. The van der Waals surface area contributed by atoms with Crippen LogP contribution in [0.1, 0.15) is 20.3 Å². The molecule has 0 aromatic heterocycles. The number of benzene rings is 1. The number of hydrogen-bond acceptors (Lipinski definition) is 4. The number of halogens is 1. The molecule has 0 bridgehead atoms. The first-order valence-electron chi connectivity index (χ1n) is 6.05. The molecule has 0 aliphatic carbocycles. The maximum absolute atomic E-state index is 13.5. The van der Waals surface area contributed by atoms with Crippen LogP contribution in [0.15, 0.2) is 12.1 Å². The highest BCUT2D eigenvalue weighted by atomic mass is 32.2. The molecule has 1 rings (SSSR count). The molecule has 3 nitrogen and oxygen atoms in total. The first-order chi connectivity index (χ1) is 8.58. The highest BCUT2D eigenvalue weighted by Crippen LogP contribution is 2.29. The van der Waals surface area contributed by atoms with Gasteiger partial charge >= 0.3 is 0 Å². The van der Waals surface area contributed by atoms with Crippen molar-refractivity contribution in [3.8, 4) is 5.75 Å². The molecule has 0 spiro atoms. The lowest BCUT2D eigenvalue weighted by atomic mass is 10.2. The fraction of sp³-hybridized carbons (Fsp3) is 0.538. The summed E-state index contributed by atoms with van der Waals surface area (Å²) in [5.41, 5.74) is 6.94. The van der Waals surface area contributed by atoms with Gasteiger partial charge < -0.3 is 15.8 Å². The Morgan fingerprint density at radius 3 is 2.83 bits per heavy atom. The van der Waals surface area contributed by atoms with Crippen LogP contribution in [0, 0.1) is 5.82 Å². The number of nitrogens with two attached hydrogens (primary N) is 1. The predicted octanol–water partition coefficient (Wildman–Crippen LogP) is 3.36. The number of nitrogen functional groups attached to an aromatic ring is 1. The van der Waals surface area contributed by atoms with Gasteiger partial charge in [0, 0.05) is 18.2 Å². The average Bonchev–Trinajstić information content (AvgIpc) is 2.33. The summed E-state index contributed by atoms with van der Waals surface area (Å²) >= 11 is 1.80. The van der Waals surface area contributed by atoms with Crippen molar-refractivity contribution >= 4 is 23.1 Å². The van der Waals surface area contributed by atoms with Crippen LogP contribution in [0.25, 0.3) is 0 Å². The molecular weight excluding hydrogens is 251 g/mol. The Hall–Kier alpha value is -1.10. The third-order valence-corrected chi connectivity index (χ3v) is 3.20. The Morgan fingerprint density at radius 1 is 1.50 bits per heavy atom. The molecule has 1 aromatic rings. The highest BCUT2D eigenvalue weighted by Gasteiger charge is 2.10. The van der Waals surface area contributed by atoms with Gasteiger partial charge in [0.2, 0.25) is 0 Å². The van der Waals surface area contributed by atoms with Crippen molar-refractivity contribution < 1.29 is 9.13 Å². The van der Waals surface area contributed by atoms with Crippen molar-refractivity contribution in [3.05, 3.63) is 17.9 Å². The second-order valence-electron chi connectivity index (χ2n) is 4.13. The molecule has 102 valence electrons. The Kier molecular flexibility index (Phi) is 6.12. The molecular formula is C13H21FN2OS. The van der Waals surface area contributed by atoms with Crippen LogP contribution in [0.2, 0.25) is 0 Å². The third-order valence-electron chi connectivity index (χ3n) is 2.56. The molecule has 0 aliphatic rings. The zero-order chi connectivity index (χ0) is 13.5. The molecule has 0 radical (unpaired) electrons. The Bertz CT molecular complexity index is 387. The minimum Gasteiger partial charge on any atom is -0.491 e. The van der Waals surface area contributed by atoms with Gasteiger partial charge in [-0.05, 0) is 32.3 Å². The molecule has 0 heterocycles. The molecule has 3 N–H and O–H groups in total. The molecule has 5 heteroatoms. The molecule has 1 aromatic carbocycles. The van der Waals surface area contributed by atoms with Gasteiger partial charge in [0.25, 0.3) is 0 Å². The Balaban J connectivity index is 2.78. The number of nitrogens with one attached hydrogen (secondary N) is 1. The van der Waals surface area contributed by atoms with Gasteiger partial charge in [-0.25, -0.2) is 4.39 Å². The van der Waals surface area contributed by atoms with Crippen LogP contribution >= 0.6 is 11.8 Å². The lowest BCUT2D eigenvalue weighted by molar-refractivity contribution is 0.322. The van der Waals surface area contributed by atoms with E-state index in [0.29, 0.717) is 18.3 Å². The Morgan fingerprint density at radius 2 is 2.22 bits per heavy atom. The SMILES string of the molecule is CCOc1cc(NC(C)CCSC)c(N)cc1F. The molecule has 0 aliphatic heterocycles. The van der Waals surface area contributed by atoms with Crippen LogP contribution in [-0.4, -0.2) is 24.7 Å². The van der Waals surface area contributed by atoms with E-state index < -0.39 is 5.82 Å². The van der Waals surface area contributed by atoms with E-state index in [1.54, 1.807) is 17.8 Å². The molecule has 0 amide bonds. The van der Waals surface area contributed by atoms with E-state index in [1.165, 1.54) is 6.07 Å². The van der Waals surface area contributed by atoms with Crippen LogP contribution in [0.5, 0.6) is 5.75 Å². The van der Waals surface area contributed by atoms with Crippen LogP contribution in [0.3, 0.4) is 0 Å². The van der Waals surface area contributed by atoms with Gasteiger partial charge in [-0.2, -0.15) is 11.8 Å². The zero-order valence-electron chi connectivity index (χ0n) is 11.1. The normalized spacial score (nSPS) is 12.2. The maximum Gasteiger partial charge on any atom is 0.167 e. The van der Waals surface area contributed by atoms with Gasteiger partial charge in [-0.1, -0.05) is 0 Å². The van der Waals surface area contributed by atoms with Crippen molar-refractivity contribution in [3.63, 3.8) is 0 Å². The molecule has 0 saturated carbocycles. The lowest BCUT2D eigenvalue weighted by Crippen LogP contribution is -2.17. The van der Waals surface area contributed by atoms with Crippen LogP contribution in [0.4, 0.5) is 15.8 Å². The van der Waals surface area contributed by atoms with Gasteiger partial charge in [0.1, 0.15) is 0 Å².